The average Bonchev–Trinajstić information content (AvgIpc) is 3.28. The first kappa shape index (κ1) is 12.3. The number of nitrogens with one attached hydrogen (secondary N) is 1. The Hall–Kier alpha value is -1.71. The predicted octanol–water partition coefficient (Wildman–Crippen LogP) is 2.01. The summed E-state index contributed by atoms with van der Waals surface area (Å²) in [6.45, 7) is 1.12. The molecule has 19 heavy (non-hydrogen) atoms. The summed E-state index contributed by atoms with van der Waals surface area (Å²) < 4.78 is 0. The SMILES string of the molecule is CNC(=O)c1ccc(N(CC2CC2)C2CC2)c(N)c1. The molecule has 1 amide bonds. The van der Waals surface area contributed by atoms with Gasteiger partial charge in [-0.3, -0.25) is 4.79 Å². The van der Waals surface area contributed by atoms with Gasteiger partial charge >= 0.3 is 0 Å². The Bertz CT molecular complexity index is 492. The topological polar surface area (TPSA) is 58.4 Å². The summed E-state index contributed by atoms with van der Waals surface area (Å²) in [7, 11) is 1.63. The standard InChI is InChI=1S/C15H21N3O/c1-17-15(19)11-4-7-14(13(16)8-11)18(12-5-6-12)9-10-2-3-10/h4,7-8,10,12H,2-3,5-6,9,16H2,1H3,(H,17,19). The molecule has 3 N–H and O–H groups in total. The highest BCUT2D eigenvalue weighted by atomic mass is 16.1. The van der Waals surface area contributed by atoms with Crippen molar-refractivity contribution >= 4 is 17.3 Å². The number of hydrogen-bond acceptors (Lipinski definition) is 3. The average molecular weight is 259 g/mol. The minimum Gasteiger partial charge on any atom is -0.397 e. The molecule has 0 aromatic heterocycles. The van der Waals surface area contributed by atoms with Crippen molar-refractivity contribution in [3.05, 3.63) is 23.8 Å². The molecule has 0 heterocycles. The van der Waals surface area contributed by atoms with Gasteiger partial charge in [0.05, 0.1) is 11.4 Å². The molecular weight excluding hydrogens is 238 g/mol. The molecule has 0 bridgehead atoms. The highest BCUT2D eigenvalue weighted by Crippen LogP contribution is 2.39. The maximum absolute atomic E-state index is 11.6. The van der Waals surface area contributed by atoms with Crippen molar-refractivity contribution in [1.82, 2.24) is 5.32 Å². The van der Waals surface area contributed by atoms with Gasteiger partial charge in [0.2, 0.25) is 0 Å². The highest BCUT2D eigenvalue weighted by Gasteiger charge is 2.34. The van der Waals surface area contributed by atoms with Crippen molar-refractivity contribution in [1.29, 1.82) is 0 Å². The van der Waals surface area contributed by atoms with Gasteiger partial charge in [-0.25, -0.2) is 0 Å². The molecule has 2 fully saturated rings. The molecule has 2 aliphatic carbocycles. The third-order valence-electron chi connectivity index (χ3n) is 3.97. The molecule has 3 rings (SSSR count). The zero-order valence-electron chi connectivity index (χ0n) is 11.4. The van der Waals surface area contributed by atoms with E-state index in [0.717, 1.165) is 18.2 Å². The van der Waals surface area contributed by atoms with E-state index in [4.69, 9.17) is 5.73 Å². The number of amides is 1. The second-order valence-corrected chi connectivity index (χ2v) is 5.68. The molecule has 4 heteroatoms. The predicted molar refractivity (Wildman–Crippen MR) is 77.3 cm³/mol. The van der Waals surface area contributed by atoms with Crippen LogP contribution in [0.3, 0.4) is 0 Å². The van der Waals surface area contributed by atoms with Crippen molar-refractivity contribution in [2.75, 3.05) is 24.2 Å². The van der Waals surface area contributed by atoms with Crippen LogP contribution in [-0.4, -0.2) is 25.5 Å². The fourth-order valence-electron chi connectivity index (χ4n) is 2.51. The Morgan fingerprint density at radius 2 is 2.11 bits per heavy atom. The molecule has 0 spiro atoms. The van der Waals surface area contributed by atoms with Crippen LogP contribution in [0.15, 0.2) is 18.2 Å². The fourth-order valence-corrected chi connectivity index (χ4v) is 2.51. The van der Waals surface area contributed by atoms with Crippen molar-refractivity contribution < 1.29 is 4.79 Å². The molecule has 102 valence electrons. The number of nitrogens with zero attached hydrogens (tertiary/aromatic N) is 1. The lowest BCUT2D eigenvalue weighted by Crippen LogP contribution is -2.29. The van der Waals surface area contributed by atoms with Crippen molar-refractivity contribution in [2.45, 2.75) is 31.7 Å². The number of nitrogen functional groups attached to an aromatic ring is 1. The van der Waals surface area contributed by atoms with E-state index in [1.807, 2.05) is 12.1 Å². The second-order valence-electron chi connectivity index (χ2n) is 5.68. The van der Waals surface area contributed by atoms with Gasteiger partial charge in [-0.05, 0) is 49.8 Å². The van der Waals surface area contributed by atoms with Crippen molar-refractivity contribution in [2.24, 2.45) is 5.92 Å². The van der Waals surface area contributed by atoms with Crippen LogP contribution in [0.5, 0.6) is 0 Å². The van der Waals surface area contributed by atoms with Gasteiger partial charge in [0.15, 0.2) is 0 Å². The number of carbonyl (C=O) groups is 1. The summed E-state index contributed by atoms with van der Waals surface area (Å²) in [4.78, 5) is 14.0. The number of nitrogens with two attached hydrogens (primary N) is 1. The summed E-state index contributed by atoms with van der Waals surface area (Å²) in [5.41, 5.74) is 8.60. The van der Waals surface area contributed by atoms with Crippen LogP contribution < -0.4 is 16.0 Å². The number of rotatable bonds is 5. The van der Waals surface area contributed by atoms with E-state index < -0.39 is 0 Å². The molecule has 4 nitrogen and oxygen atoms in total. The quantitative estimate of drug-likeness (QED) is 0.795. The Kier molecular flexibility index (Phi) is 3.09. The van der Waals surface area contributed by atoms with Gasteiger partial charge in [0, 0.05) is 25.2 Å². The van der Waals surface area contributed by atoms with Gasteiger partial charge in [0.25, 0.3) is 5.91 Å². The third kappa shape index (κ3) is 2.67. The van der Waals surface area contributed by atoms with Gasteiger partial charge < -0.3 is 16.0 Å². The summed E-state index contributed by atoms with van der Waals surface area (Å²) >= 11 is 0. The van der Waals surface area contributed by atoms with Gasteiger partial charge in [-0.2, -0.15) is 0 Å². The van der Waals surface area contributed by atoms with Crippen molar-refractivity contribution in [3.8, 4) is 0 Å². The number of hydrogen-bond donors (Lipinski definition) is 2. The smallest absolute Gasteiger partial charge is 0.251 e. The van der Waals surface area contributed by atoms with Crippen LogP contribution in [0, 0.1) is 5.92 Å². The lowest BCUT2D eigenvalue weighted by atomic mass is 10.1. The maximum Gasteiger partial charge on any atom is 0.251 e. The molecule has 0 radical (unpaired) electrons. The normalized spacial score (nSPS) is 18.2. The first-order valence-electron chi connectivity index (χ1n) is 7.07. The summed E-state index contributed by atoms with van der Waals surface area (Å²) in [6, 6.07) is 6.32. The molecule has 0 unspecified atom stereocenters. The largest absolute Gasteiger partial charge is 0.397 e. The number of carbonyl (C=O) groups excluding carboxylic acids is 1. The van der Waals surface area contributed by atoms with E-state index in [2.05, 4.69) is 10.2 Å². The summed E-state index contributed by atoms with van der Waals surface area (Å²) in [6.07, 6.45) is 5.23. The first-order valence-corrected chi connectivity index (χ1v) is 7.07. The molecule has 0 aliphatic heterocycles. The van der Waals surface area contributed by atoms with E-state index in [0.29, 0.717) is 17.3 Å². The number of anilines is 2. The van der Waals surface area contributed by atoms with Crippen molar-refractivity contribution in [3.63, 3.8) is 0 Å². The van der Waals surface area contributed by atoms with Crippen LogP contribution in [-0.2, 0) is 0 Å². The van der Waals surface area contributed by atoms with Gasteiger partial charge in [-0.15, -0.1) is 0 Å². The van der Waals surface area contributed by atoms with Crippen LogP contribution in [0.1, 0.15) is 36.0 Å². The number of benzene rings is 1. The van der Waals surface area contributed by atoms with Crippen LogP contribution in [0.4, 0.5) is 11.4 Å². The minimum absolute atomic E-state index is 0.0848. The molecule has 2 saturated carbocycles. The van der Waals surface area contributed by atoms with E-state index in [1.165, 1.54) is 25.7 Å². The lowest BCUT2D eigenvalue weighted by molar-refractivity contribution is 0.0963. The third-order valence-corrected chi connectivity index (χ3v) is 3.97. The first-order chi connectivity index (χ1) is 9.19. The zero-order valence-corrected chi connectivity index (χ0v) is 11.4. The monoisotopic (exact) mass is 259 g/mol. The molecule has 0 atom stereocenters. The molecule has 1 aromatic rings. The molecular formula is C15H21N3O. The molecule has 0 saturated heterocycles. The lowest BCUT2D eigenvalue weighted by Gasteiger charge is -2.26. The Morgan fingerprint density at radius 3 is 2.63 bits per heavy atom. The van der Waals surface area contributed by atoms with Crippen LogP contribution in [0.2, 0.25) is 0 Å². The summed E-state index contributed by atoms with van der Waals surface area (Å²) in [5.74, 6) is 0.761. The molecule has 1 aromatic carbocycles. The van der Waals surface area contributed by atoms with Gasteiger partial charge in [-0.1, -0.05) is 0 Å². The Morgan fingerprint density at radius 1 is 1.37 bits per heavy atom. The van der Waals surface area contributed by atoms with E-state index in [1.54, 1.807) is 13.1 Å². The molecule has 2 aliphatic rings. The minimum atomic E-state index is -0.0848. The van der Waals surface area contributed by atoms with E-state index >= 15 is 0 Å². The maximum atomic E-state index is 11.6. The Labute approximate surface area is 114 Å². The van der Waals surface area contributed by atoms with Crippen LogP contribution in [0.25, 0.3) is 0 Å². The zero-order chi connectivity index (χ0) is 13.4. The van der Waals surface area contributed by atoms with E-state index in [9.17, 15) is 4.79 Å². The highest BCUT2D eigenvalue weighted by molar-refractivity contribution is 5.96. The summed E-state index contributed by atoms with van der Waals surface area (Å²) in [5, 5.41) is 2.63. The van der Waals surface area contributed by atoms with Gasteiger partial charge in [0.1, 0.15) is 0 Å². The second kappa shape index (κ2) is 4.76. The Balaban J connectivity index is 1.83. The fraction of sp³-hybridized carbons (Fsp3) is 0.533. The van der Waals surface area contributed by atoms with Crippen LogP contribution >= 0.6 is 0 Å². The van der Waals surface area contributed by atoms with E-state index in [-0.39, 0.29) is 5.91 Å².